The van der Waals surface area contributed by atoms with E-state index < -0.39 is 0 Å². The van der Waals surface area contributed by atoms with Gasteiger partial charge in [0.05, 0.1) is 10.6 Å². The zero-order chi connectivity index (χ0) is 16.9. The predicted molar refractivity (Wildman–Crippen MR) is 94.9 cm³/mol. The van der Waals surface area contributed by atoms with Crippen molar-refractivity contribution in [3.63, 3.8) is 0 Å². The van der Waals surface area contributed by atoms with E-state index in [-0.39, 0.29) is 5.91 Å². The van der Waals surface area contributed by atoms with E-state index >= 15 is 0 Å². The van der Waals surface area contributed by atoms with Gasteiger partial charge in [0.15, 0.2) is 11.6 Å². The number of hydrogen-bond donors (Lipinski definition) is 4. The molecule has 5 N–H and O–H groups in total. The van der Waals surface area contributed by atoms with Gasteiger partial charge in [0.25, 0.3) is 5.91 Å². The summed E-state index contributed by atoms with van der Waals surface area (Å²) in [6.45, 7) is 0. The Kier molecular flexibility index (Phi) is 5.00. The van der Waals surface area contributed by atoms with Crippen molar-refractivity contribution in [3.8, 4) is 0 Å². The number of hydrazine groups is 1. The quantitative estimate of drug-likeness (QED) is 0.620. The zero-order valence-electron chi connectivity index (χ0n) is 13.1. The highest BCUT2D eigenvalue weighted by molar-refractivity contribution is 6.33. The molecule has 8 heteroatoms. The smallest absolute Gasteiger partial charge is 0.271 e. The van der Waals surface area contributed by atoms with Crippen molar-refractivity contribution in [2.45, 2.75) is 31.7 Å². The molecule has 2 aromatic rings. The van der Waals surface area contributed by atoms with E-state index in [0.717, 1.165) is 12.8 Å². The topological polar surface area (TPSA) is 105 Å². The molecule has 1 fully saturated rings. The van der Waals surface area contributed by atoms with Crippen LogP contribution in [0.1, 0.15) is 36.0 Å². The summed E-state index contributed by atoms with van der Waals surface area (Å²) in [6.07, 6.45) is 6.03. The number of aromatic nitrogens is 2. The summed E-state index contributed by atoms with van der Waals surface area (Å²) in [5.74, 6) is 0.543. The first-order chi connectivity index (χ1) is 11.6. The highest BCUT2D eigenvalue weighted by Gasteiger charge is 2.18. The number of carbonyl (C=O) groups excluding carboxylic acids is 1. The molecule has 3 rings (SSSR count). The largest absolute Gasteiger partial charge is 0.393 e. The Labute approximate surface area is 145 Å². The number of halogens is 1. The molecule has 1 aromatic heterocycles. The molecule has 1 saturated carbocycles. The van der Waals surface area contributed by atoms with Gasteiger partial charge < -0.3 is 11.1 Å². The SMILES string of the molecule is Nc1c(NNC(=O)c2ccccc2Cl)ncnc1NC1CCCC1. The average Bonchev–Trinajstić information content (AvgIpc) is 3.09. The highest BCUT2D eigenvalue weighted by atomic mass is 35.5. The van der Waals surface area contributed by atoms with E-state index in [1.807, 2.05) is 0 Å². The molecular formula is C16H19ClN6O. The predicted octanol–water partition coefficient (Wildman–Crippen LogP) is 2.82. The molecule has 126 valence electrons. The van der Waals surface area contributed by atoms with Gasteiger partial charge in [-0.25, -0.2) is 9.97 Å². The van der Waals surface area contributed by atoms with Gasteiger partial charge in [-0.1, -0.05) is 36.6 Å². The van der Waals surface area contributed by atoms with E-state index in [1.54, 1.807) is 24.3 Å². The van der Waals surface area contributed by atoms with Crippen molar-refractivity contribution < 1.29 is 4.79 Å². The summed E-state index contributed by atoms with van der Waals surface area (Å²) in [6, 6.07) is 7.17. The summed E-state index contributed by atoms with van der Waals surface area (Å²) in [5.41, 5.74) is 12.1. The molecule has 0 spiro atoms. The van der Waals surface area contributed by atoms with Crippen LogP contribution in [-0.2, 0) is 0 Å². The fourth-order valence-corrected chi connectivity index (χ4v) is 2.92. The summed E-state index contributed by atoms with van der Waals surface area (Å²) in [5, 5.41) is 3.70. The first kappa shape index (κ1) is 16.3. The van der Waals surface area contributed by atoms with Crippen molar-refractivity contribution in [3.05, 3.63) is 41.2 Å². The minimum atomic E-state index is -0.371. The lowest BCUT2D eigenvalue weighted by molar-refractivity contribution is 0.0962. The number of anilines is 3. The molecule has 0 bridgehead atoms. The number of carbonyl (C=O) groups is 1. The van der Waals surface area contributed by atoms with Gasteiger partial charge in [-0.15, -0.1) is 0 Å². The van der Waals surface area contributed by atoms with Crippen molar-refractivity contribution >= 4 is 34.8 Å². The van der Waals surface area contributed by atoms with Crippen molar-refractivity contribution in [1.82, 2.24) is 15.4 Å². The van der Waals surface area contributed by atoms with Crippen LogP contribution >= 0.6 is 11.6 Å². The molecule has 0 aliphatic heterocycles. The van der Waals surface area contributed by atoms with Gasteiger partial charge in [-0.2, -0.15) is 0 Å². The summed E-state index contributed by atoms with van der Waals surface area (Å²) >= 11 is 6.00. The molecule has 24 heavy (non-hydrogen) atoms. The zero-order valence-corrected chi connectivity index (χ0v) is 13.8. The number of nitrogen functional groups attached to an aromatic ring is 1. The van der Waals surface area contributed by atoms with Gasteiger partial charge >= 0.3 is 0 Å². The number of nitrogens with zero attached hydrogens (tertiary/aromatic N) is 2. The third kappa shape index (κ3) is 3.68. The maximum Gasteiger partial charge on any atom is 0.271 e. The second-order valence-corrected chi connectivity index (χ2v) is 6.08. The summed E-state index contributed by atoms with van der Waals surface area (Å²) < 4.78 is 0. The van der Waals surface area contributed by atoms with Crippen LogP contribution in [0.4, 0.5) is 17.3 Å². The van der Waals surface area contributed by atoms with Gasteiger partial charge in [-0.05, 0) is 25.0 Å². The monoisotopic (exact) mass is 346 g/mol. The Bertz CT molecular complexity index is 732. The van der Waals surface area contributed by atoms with Crippen molar-refractivity contribution in [2.24, 2.45) is 0 Å². The van der Waals surface area contributed by atoms with Crippen LogP contribution in [-0.4, -0.2) is 21.9 Å². The van der Waals surface area contributed by atoms with Gasteiger partial charge in [-0.3, -0.25) is 15.6 Å². The lowest BCUT2D eigenvalue weighted by atomic mass is 10.2. The Balaban J connectivity index is 1.67. The third-order valence-corrected chi connectivity index (χ3v) is 4.32. The van der Waals surface area contributed by atoms with Crippen LogP contribution in [0, 0.1) is 0 Å². The fraction of sp³-hybridized carbons (Fsp3) is 0.312. The van der Waals surface area contributed by atoms with Crippen LogP contribution in [0.2, 0.25) is 5.02 Å². The molecule has 7 nitrogen and oxygen atoms in total. The van der Waals surface area contributed by atoms with Gasteiger partial charge in [0, 0.05) is 6.04 Å². The fourth-order valence-electron chi connectivity index (χ4n) is 2.70. The Morgan fingerprint density at radius 1 is 1.17 bits per heavy atom. The number of nitrogens with two attached hydrogens (primary N) is 1. The van der Waals surface area contributed by atoms with E-state index in [9.17, 15) is 4.79 Å². The maximum atomic E-state index is 12.2. The molecule has 0 atom stereocenters. The summed E-state index contributed by atoms with van der Waals surface area (Å²) in [7, 11) is 0. The Morgan fingerprint density at radius 3 is 2.62 bits per heavy atom. The normalized spacial score (nSPS) is 14.4. The second kappa shape index (κ2) is 7.35. The van der Waals surface area contributed by atoms with Crippen LogP contribution in [0.15, 0.2) is 30.6 Å². The number of nitrogens with one attached hydrogen (secondary N) is 3. The van der Waals surface area contributed by atoms with Crippen LogP contribution in [0.3, 0.4) is 0 Å². The average molecular weight is 347 g/mol. The van der Waals surface area contributed by atoms with Gasteiger partial charge in [0.2, 0.25) is 0 Å². The number of rotatable bonds is 5. The number of hydrogen-bond acceptors (Lipinski definition) is 6. The van der Waals surface area contributed by atoms with E-state index in [0.29, 0.717) is 34.0 Å². The minimum Gasteiger partial charge on any atom is -0.393 e. The lowest BCUT2D eigenvalue weighted by Crippen LogP contribution is -2.30. The molecule has 0 unspecified atom stereocenters. The Hall–Kier alpha value is -2.54. The minimum absolute atomic E-state index is 0.339. The molecule has 1 heterocycles. The molecule has 1 aromatic carbocycles. The van der Waals surface area contributed by atoms with Gasteiger partial charge in [0.1, 0.15) is 12.0 Å². The maximum absolute atomic E-state index is 12.2. The molecular weight excluding hydrogens is 328 g/mol. The molecule has 1 aliphatic carbocycles. The van der Waals surface area contributed by atoms with Crippen molar-refractivity contribution in [2.75, 3.05) is 16.5 Å². The third-order valence-electron chi connectivity index (χ3n) is 3.99. The molecule has 0 saturated heterocycles. The standard InChI is InChI=1S/C16H19ClN6O/c17-12-8-4-3-7-11(12)16(24)23-22-15-13(18)14(19-9-20-15)21-10-5-1-2-6-10/h3-4,7-10H,1-2,5-6,18H2,(H,23,24)(H2,19,20,21,22). The molecule has 1 amide bonds. The first-order valence-corrected chi connectivity index (χ1v) is 8.21. The van der Waals surface area contributed by atoms with Crippen LogP contribution < -0.4 is 21.9 Å². The van der Waals surface area contributed by atoms with E-state index in [4.69, 9.17) is 17.3 Å². The van der Waals surface area contributed by atoms with Crippen molar-refractivity contribution in [1.29, 1.82) is 0 Å². The molecule has 0 radical (unpaired) electrons. The van der Waals surface area contributed by atoms with Crippen LogP contribution in [0.5, 0.6) is 0 Å². The number of benzene rings is 1. The molecule has 1 aliphatic rings. The number of amides is 1. The van der Waals surface area contributed by atoms with Crippen LogP contribution in [0.25, 0.3) is 0 Å². The summed E-state index contributed by atoms with van der Waals surface area (Å²) in [4.78, 5) is 20.4. The highest BCUT2D eigenvalue weighted by Crippen LogP contribution is 2.27. The first-order valence-electron chi connectivity index (χ1n) is 7.83. The Morgan fingerprint density at radius 2 is 1.88 bits per heavy atom. The second-order valence-electron chi connectivity index (χ2n) is 5.67. The van der Waals surface area contributed by atoms with E-state index in [2.05, 4.69) is 26.1 Å². The lowest BCUT2D eigenvalue weighted by Gasteiger charge is -2.16. The van der Waals surface area contributed by atoms with E-state index in [1.165, 1.54) is 19.2 Å².